The average molecular weight is 236 g/mol. The number of hydrogen-bond acceptors (Lipinski definition) is 3. The van der Waals surface area contributed by atoms with Gasteiger partial charge in [-0.05, 0) is 19.3 Å². The summed E-state index contributed by atoms with van der Waals surface area (Å²) in [6.45, 7) is 2.61. The molecule has 0 spiro atoms. The molecule has 1 fully saturated rings. The number of esters is 1. The normalized spacial score (nSPS) is 21.7. The molecule has 0 aliphatic heterocycles. The van der Waals surface area contributed by atoms with Crippen LogP contribution in [0.3, 0.4) is 0 Å². The molecular formula is C10H11F3O3. The van der Waals surface area contributed by atoms with Crippen molar-refractivity contribution in [3.8, 4) is 0 Å². The van der Waals surface area contributed by atoms with Gasteiger partial charge in [-0.1, -0.05) is 6.58 Å². The van der Waals surface area contributed by atoms with Gasteiger partial charge in [0.2, 0.25) is 0 Å². The molecule has 90 valence electrons. The maximum Gasteiger partial charge on any atom is 0.422 e. The van der Waals surface area contributed by atoms with E-state index in [9.17, 15) is 22.8 Å². The molecule has 16 heavy (non-hydrogen) atoms. The third-order valence-electron chi connectivity index (χ3n) is 2.34. The molecule has 1 rings (SSSR count). The van der Waals surface area contributed by atoms with E-state index in [0.717, 1.165) is 0 Å². The minimum atomic E-state index is -4.81. The Hall–Kier alpha value is -1.33. The molecule has 6 heteroatoms. The summed E-state index contributed by atoms with van der Waals surface area (Å²) < 4.78 is 40.7. The van der Waals surface area contributed by atoms with E-state index >= 15 is 0 Å². The van der Waals surface area contributed by atoms with Gasteiger partial charge in [-0.15, -0.1) is 0 Å². The second-order valence-corrected chi connectivity index (χ2v) is 3.58. The Morgan fingerprint density at radius 3 is 2.50 bits per heavy atom. The lowest BCUT2D eigenvalue weighted by atomic mass is 9.96. The van der Waals surface area contributed by atoms with Gasteiger partial charge in [0.15, 0.2) is 11.9 Å². The Kier molecular flexibility index (Phi) is 3.72. The van der Waals surface area contributed by atoms with Crippen molar-refractivity contribution in [1.82, 2.24) is 0 Å². The van der Waals surface area contributed by atoms with Crippen LogP contribution in [0.5, 0.6) is 0 Å². The predicted octanol–water partition coefficient (Wildman–Crippen LogP) is 2.16. The predicted molar refractivity (Wildman–Crippen MR) is 48.6 cm³/mol. The molecule has 1 saturated carbocycles. The van der Waals surface area contributed by atoms with Crippen molar-refractivity contribution >= 4 is 11.8 Å². The fourth-order valence-electron chi connectivity index (χ4n) is 1.39. The molecule has 0 bridgehead atoms. The molecule has 1 aliphatic rings. The van der Waals surface area contributed by atoms with Crippen LogP contribution < -0.4 is 0 Å². The highest BCUT2D eigenvalue weighted by atomic mass is 19.4. The summed E-state index contributed by atoms with van der Waals surface area (Å²) in [5.41, 5.74) is -1.58. The minimum Gasteiger partial charge on any atom is -0.451 e. The van der Waals surface area contributed by atoms with Gasteiger partial charge in [-0.2, -0.15) is 13.2 Å². The second kappa shape index (κ2) is 4.67. The van der Waals surface area contributed by atoms with E-state index in [1.54, 1.807) is 0 Å². The van der Waals surface area contributed by atoms with Crippen molar-refractivity contribution in [3.05, 3.63) is 12.2 Å². The molecule has 0 N–H and O–H groups in total. The number of rotatable bonds is 2. The smallest absolute Gasteiger partial charge is 0.422 e. The minimum absolute atomic E-state index is 0.246. The number of alkyl halides is 3. The summed E-state index contributed by atoms with van der Waals surface area (Å²) in [7, 11) is 0. The fourth-order valence-corrected chi connectivity index (χ4v) is 1.39. The largest absolute Gasteiger partial charge is 0.451 e. The highest BCUT2D eigenvalue weighted by molar-refractivity contribution is 5.92. The molecule has 0 amide bonds. The monoisotopic (exact) mass is 236 g/mol. The van der Waals surface area contributed by atoms with E-state index in [0.29, 0.717) is 12.8 Å². The molecule has 1 unspecified atom stereocenters. The SMILES string of the molecule is C=C(C(=O)OC1CCCCC1=O)C(F)(F)F. The summed E-state index contributed by atoms with van der Waals surface area (Å²) in [6, 6.07) is 0. The first kappa shape index (κ1) is 12.7. The van der Waals surface area contributed by atoms with Gasteiger partial charge in [0, 0.05) is 6.42 Å². The molecule has 1 aliphatic carbocycles. The van der Waals surface area contributed by atoms with E-state index in [4.69, 9.17) is 0 Å². The summed E-state index contributed by atoms with van der Waals surface area (Å²) >= 11 is 0. The fraction of sp³-hybridized carbons (Fsp3) is 0.600. The molecule has 0 radical (unpaired) electrons. The van der Waals surface area contributed by atoms with Gasteiger partial charge in [-0.25, -0.2) is 4.79 Å². The third kappa shape index (κ3) is 3.08. The van der Waals surface area contributed by atoms with Crippen molar-refractivity contribution in [3.63, 3.8) is 0 Å². The van der Waals surface area contributed by atoms with E-state index in [-0.39, 0.29) is 18.6 Å². The average Bonchev–Trinajstić information content (AvgIpc) is 2.19. The first-order valence-electron chi connectivity index (χ1n) is 4.82. The lowest BCUT2D eigenvalue weighted by Crippen LogP contribution is -2.32. The van der Waals surface area contributed by atoms with Crippen LogP contribution in [0.15, 0.2) is 12.2 Å². The number of carbonyl (C=O) groups is 2. The highest BCUT2D eigenvalue weighted by Gasteiger charge is 2.39. The number of ether oxygens (including phenoxy) is 1. The van der Waals surface area contributed by atoms with Crippen molar-refractivity contribution < 1.29 is 27.5 Å². The Morgan fingerprint density at radius 1 is 1.38 bits per heavy atom. The molecule has 0 saturated heterocycles. The van der Waals surface area contributed by atoms with Crippen LogP contribution in [0.1, 0.15) is 25.7 Å². The summed E-state index contributed by atoms with van der Waals surface area (Å²) in [5.74, 6) is -1.89. The van der Waals surface area contributed by atoms with Gasteiger partial charge in [0.05, 0.1) is 0 Å². The Labute approximate surface area is 90.3 Å². The number of ketones is 1. The molecule has 0 aromatic heterocycles. The maximum absolute atomic E-state index is 12.1. The van der Waals surface area contributed by atoms with Gasteiger partial charge < -0.3 is 4.74 Å². The highest BCUT2D eigenvalue weighted by Crippen LogP contribution is 2.26. The van der Waals surface area contributed by atoms with Crippen LogP contribution in [-0.4, -0.2) is 24.0 Å². The summed E-state index contributed by atoms with van der Waals surface area (Å²) in [6.07, 6.45) is -3.96. The molecule has 0 aromatic carbocycles. The number of Topliss-reactive ketones (excluding diaryl/α,β-unsaturated/α-hetero) is 1. The van der Waals surface area contributed by atoms with Crippen LogP contribution in [0.2, 0.25) is 0 Å². The number of halogens is 3. The molecule has 0 aromatic rings. The van der Waals surface area contributed by atoms with Crippen LogP contribution in [0.25, 0.3) is 0 Å². The summed E-state index contributed by atoms with van der Waals surface area (Å²) in [4.78, 5) is 22.2. The zero-order valence-corrected chi connectivity index (χ0v) is 8.47. The Bertz CT molecular complexity index is 320. The standard InChI is InChI=1S/C10H11F3O3/c1-6(10(11,12)13)9(15)16-8-5-3-2-4-7(8)14/h8H,1-5H2. The quantitative estimate of drug-likeness (QED) is 0.545. The Morgan fingerprint density at radius 2 is 2.00 bits per heavy atom. The van der Waals surface area contributed by atoms with Crippen LogP contribution in [0, 0.1) is 0 Å². The van der Waals surface area contributed by atoms with Crippen LogP contribution >= 0.6 is 0 Å². The van der Waals surface area contributed by atoms with Crippen LogP contribution in [0.4, 0.5) is 13.2 Å². The maximum atomic E-state index is 12.1. The molecule has 1 atom stereocenters. The van der Waals surface area contributed by atoms with Crippen molar-refractivity contribution in [2.75, 3.05) is 0 Å². The Balaban J connectivity index is 2.57. The van der Waals surface area contributed by atoms with Crippen LogP contribution in [-0.2, 0) is 14.3 Å². The van der Waals surface area contributed by atoms with Gasteiger partial charge in [0.25, 0.3) is 0 Å². The zero-order chi connectivity index (χ0) is 12.3. The molecule has 0 heterocycles. The third-order valence-corrected chi connectivity index (χ3v) is 2.34. The van der Waals surface area contributed by atoms with Gasteiger partial charge in [0.1, 0.15) is 5.57 Å². The lowest BCUT2D eigenvalue weighted by Gasteiger charge is -2.21. The molecule has 3 nitrogen and oxygen atoms in total. The zero-order valence-electron chi connectivity index (χ0n) is 8.47. The van der Waals surface area contributed by atoms with E-state index in [1.165, 1.54) is 0 Å². The van der Waals surface area contributed by atoms with Crippen molar-refractivity contribution in [2.45, 2.75) is 38.0 Å². The van der Waals surface area contributed by atoms with E-state index in [1.807, 2.05) is 0 Å². The van der Waals surface area contributed by atoms with Gasteiger partial charge >= 0.3 is 12.1 Å². The lowest BCUT2D eigenvalue weighted by molar-refractivity contribution is -0.161. The first-order valence-corrected chi connectivity index (χ1v) is 4.82. The van der Waals surface area contributed by atoms with E-state index in [2.05, 4.69) is 11.3 Å². The van der Waals surface area contributed by atoms with Crippen molar-refractivity contribution in [2.24, 2.45) is 0 Å². The second-order valence-electron chi connectivity index (χ2n) is 3.58. The molecular weight excluding hydrogens is 225 g/mol. The summed E-state index contributed by atoms with van der Waals surface area (Å²) in [5, 5.41) is 0. The number of carbonyl (C=O) groups excluding carboxylic acids is 2. The van der Waals surface area contributed by atoms with Crippen molar-refractivity contribution in [1.29, 1.82) is 0 Å². The van der Waals surface area contributed by atoms with E-state index < -0.39 is 23.8 Å². The van der Waals surface area contributed by atoms with Gasteiger partial charge in [-0.3, -0.25) is 4.79 Å². The first-order chi connectivity index (χ1) is 7.32. The number of hydrogen-bond donors (Lipinski definition) is 0. The topological polar surface area (TPSA) is 43.4 Å².